The van der Waals surface area contributed by atoms with Crippen molar-refractivity contribution in [3.63, 3.8) is 0 Å². The zero-order chi connectivity index (χ0) is 13.1. The third kappa shape index (κ3) is 3.92. The molecule has 0 spiro atoms. The lowest BCUT2D eigenvalue weighted by atomic mass is 10.4. The molecule has 0 aliphatic rings. The highest BCUT2D eigenvalue weighted by Crippen LogP contribution is 2.18. The summed E-state index contributed by atoms with van der Waals surface area (Å²) in [4.78, 5) is 16.1. The van der Waals surface area contributed by atoms with Crippen LogP contribution in [0.25, 0.3) is 0 Å². The second-order valence-electron chi connectivity index (χ2n) is 3.39. The van der Waals surface area contributed by atoms with Crippen LogP contribution in [0.1, 0.15) is 0 Å². The van der Waals surface area contributed by atoms with Gasteiger partial charge in [0, 0.05) is 31.9 Å². The molecule has 0 radical (unpaired) electrons. The number of aryl methyl sites for hydroxylation is 1. The van der Waals surface area contributed by atoms with Gasteiger partial charge in [0.25, 0.3) is 5.56 Å². The van der Waals surface area contributed by atoms with Gasteiger partial charge in [-0.2, -0.15) is 13.2 Å². The lowest BCUT2D eigenvalue weighted by Crippen LogP contribution is -2.40. The number of alkyl halides is 4. The predicted octanol–water partition coefficient (Wildman–Crippen LogP) is 1.39. The van der Waals surface area contributed by atoms with E-state index in [1.165, 1.54) is 24.0 Å². The molecule has 0 unspecified atom stereocenters. The van der Waals surface area contributed by atoms with E-state index in [0.717, 1.165) is 4.90 Å². The van der Waals surface area contributed by atoms with E-state index in [2.05, 4.69) is 4.98 Å². The Morgan fingerprint density at radius 2 is 2.18 bits per heavy atom. The Labute approximate surface area is 101 Å². The van der Waals surface area contributed by atoms with E-state index in [1.807, 2.05) is 0 Å². The van der Waals surface area contributed by atoms with Gasteiger partial charge in [-0.3, -0.25) is 4.79 Å². The minimum absolute atomic E-state index is 0.0180. The van der Waals surface area contributed by atoms with Crippen molar-refractivity contribution in [2.24, 2.45) is 7.05 Å². The minimum Gasteiger partial charge on any atom is -0.342 e. The first-order valence-corrected chi connectivity index (χ1v) is 5.28. The van der Waals surface area contributed by atoms with Crippen LogP contribution < -0.4 is 10.5 Å². The van der Waals surface area contributed by atoms with Crippen LogP contribution in [-0.4, -0.2) is 34.7 Å². The van der Waals surface area contributed by atoms with Gasteiger partial charge in [0.15, 0.2) is 5.82 Å². The summed E-state index contributed by atoms with van der Waals surface area (Å²) in [7, 11) is 1.44. The van der Waals surface area contributed by atoms with Gasteiger partial charge < -0.3 is 9.47 Å². The van der Waals surface area contributed by atoms with Crippen LogP contribution in [0.15, 0.2) is 17.2 Å². The Morgan fingerprint density at radius 1 is 1.53 bits per heavy atom. The van der Waals surface area contributed by atoms with Crippen molar-refractivity contribution in [1.82, 2.24) is 9.55 Å². The van der Waals surface area contributed by atoms with Crippen LogP contribution in [-0.2, 0) is 7.05 Å². The maximum Gasteiger partial charge on any atom is 0.405 e. The number of nitrogens with zero attached hydrogens (tertiary/aromatic N) is 3. The molecule has 0 saturated carbocycles. The lowest BCUT2D eigenvalue weighted by molar-refractivity contribution is -0.119. The Balaban J connectivity index is 3.06. The second kappa shape index (κ2) is 5.39. The van der Waals surface area contributed by atoms with Crippen molar-refractivity contribution in [2.45, 2.75) is 6.18 Å². The molecular formula is C9H11ClF3N3O. The minimum atomic E-state index is -4.41. The molecule has 1 aromatic heterocycles. The summed E-state index contributed by atoms with van der Waals surface area (Å²) in [5.41, 5.74) is -0.582. The van der Waals surface area contributed by atoms with Crippen LogP contribution in [0.5, 0.6) is 0 Å². The zero-order valence-electron chi connectivity index (χ0n) is 9.04. The van der Waals surface area contributed by atoms with Gasteiger partial charge in [0.2, 0.25) is 0 Å². The number of aromatic nitrogens is 2. The summed E-state index contributed by atoms with van der Waals surface area (Å²) in [5.74, 6) is -0.261. The summed E-state index contributed by atoms with van der Waals surface area (Å²) in [6, 6.07) is 0. The summed E-state index contributed by atoms with van der Waals surface area (Å²) in [6.45, 7) is -1.33. The SMILES string of the molecule is Cn1ccnc(N(CCCl)CC(F)(F)F)c1=O. The predicted molar refractivity (Wildman–Crippen MR) is 58.5 cm³/mol. The molecule has 1 aromatic rings. The fraction of sp³-hybridized carbons (Fsp3) is 0.556. The molecule has 96 valence electrons. The maximum absolute atomic E-state index is 12.3. The van der Waals surface area contributed by atoms with Crippen LogP contribution >= 0.6 is 11.6 Å². The van der Waals surface area contributed by atoms with Crippen molar-refractivity contribution >= 4 is 17.4 Å². The van der Waals surface area contributed by atoms with Gasteiger partial charge in [0.1, 0.15) is 6.54 Å². The second-order valence-corrected chi connectivity index (χ2v) is 3.77. The molecule has 1 heterocycles. The van der Waals surface area contributed by atoms with E-state index in [0.29, 0.717) is 0 Å². The highest BCUT2D eigenvalue weighted by Gasteiger charge is 2.32. The topological polar surface area (TPSA) is 38.1 Å². The molecule has 0 fully saturated rings. The van der Waals surface area contributed by atoms with Crippen molar-refractivity contribution in [2.75, 3.05) is 23.9 Å². The molecule has 8 heteroatoms. The van der Waals surface area contributed by atoms with Crippen LogP contribution in [0.3, 0.4) is 0 Å². The molecule has 17 heavy (non-hydrogen) atoms. The molecule has 1 rings (SSSR count). The van der Waals surface area contributed by atoms with E-state index in [9.17, 15) is 18.0 Å². The highest BCUT2D eigenvalue weighted by atomic mass is 35.5. The molecule has 0 saturated heterocycles. The molecule has 0 N–H and O–H groups in total. The Bertz CT molecular complexity index is 432. The molecule has 4 nitrogen and oxygen atoms in total. The van der Waals surface area contributed by atoms with E-state index in [1.54, 1.807) is 0 Å². The molecule has 0 bridgehead atoms. The monoisotopic (exact) mass is 269 g/mol. The first-order valence-electron chi connectivity index (χ1n) is 4.74. The summed E-state index contributed by atoms with van der Waals surface area (Å²) >= 11 is 5.42. The van der Waals surface area contributed by atoms with Gasteiger partial charge in [-0.25, -0.2) is 4.98 Å². The number of halogens is 4. The van der Waals surface area contributed by atoms with E-state index >= 15 is 0 Å². The number of hydrogen-bond acceptors (Lipinski definition) is 3. The summed E-state index contributed by atoms with van der Waals surface area (Å²) in [5, 5.41) is 0. The number of anilines is 1. The summed E-state index contributed by atoms with van der Waals surface area (Å²) < 4.78 is 38.1. The smallest absolute Gasteiger partial charge is 0.342 e. The normalized spacial score (nSPS) is 11.6. The highest BCUT2D eigenvalue weighted by molar-refractivity contribution is 6.18. The van der Waals surface area contributed by atoms with Crippen LogP contribution in [0.4, 0.5) is 19.0 Å². The Morgan fingerprint density at radius 3 is 2.71 bits per heavy atom. The third-order valence-corrected chi connectivity index (χ3v) is 2.19. The molecule has 0 atom stereocenters. The van der Waals surface area contributed by atoms with Crippen molar-refractivity contribution < 1.29 is 13.2 Å². The average molecular weight is 270 g/mol. The first kappa shape index (κ1) is 13.8. The Kier molecular flexibility index (Phi) is 4.39. The van der Waals surface area contributed by atoms with Crippen molar-refractivity contribution in [1.29, 1.82) is 0 Å². The van der Waals surface area contributed by atoms with E-state index in [4.69, 9.17) is 11.6 Å². The van der Waals surface area contributed by atoms with Gasteiger partial charge in [-0.15, -0.1) is 11.6 Å². The Hall–Kier alpha value is -1.24. The van der Waals surface area contributed by atoms with Crippen molar-refractivity contribution in [3.8, 4) is 0 Å². The van der Waals surface area contributed by atoms with Crippen molar-refractivity contribution in [3.05, 3.63) is 22.7 Å². The largest absolute Gasteiger partial charge is 0.405 e. The standard InChI is InChI=1S/C9H11ClF3N3O/c1-15-5-3-14-7(8(15)17)16(4-2-10)6-9(11,12)13/h3,5H,2,4,6H2,1H3. The summed E-state index contributed by atoms with van der Waals surface area (Å²) in [6.07, 6.45) is -1.76. The van der Waals surface area contributed by atoms with Crippen LogP contribution in [0, 0.1) is 0 Å². The molecule has 0 aromatic carbocycles. The first-order chi connectivity index (χ1) is 7.85. The van der Waals surface area contributed by atoms with Gasteiger partial charge in [-0.05, 0) is 0 Å². The van der Waals surface area contributed by atoms with E-state index < -0.39 is 18.3 Å². The quantitative estimate of drug-likeness (QED) is 0.776. The third-order valence-electron chi connectivity index (χ3n) is 2.02. The molecule has 0 aliphatic heterocycles. The van der Waals surface area contributed by atoms with E-state index in [-0.39, 0.29) is 18.2 Å². The van der Waals surface area contributed by atoms with Crippen LogP contribution in [0.2, 0.25) is 0 Å². The molecular weight excluding hydrogens is 259 g/mol. The van der Waals surface area contributed by atoms with Gasteiger partial charge in [0.05, 0.1) is 0 Å². The van der Waals surface area contributed by atoms with Gasteiger partial charge >= 0.3 is 6.18 Å². The van der Waals surface area contributed by atoms with Gasteiger partial charge in [-0.1, -0.05) is 0 Å². The molecule has 0 aliphatic carbocycles. The maximum atomic E-state index is 12.3. The fourth-order valence-corrected chi connectivity index (χ4v) is 1.48. The average Bonchev–Trinajstić information content (AvgIpc) is 2.19. The number of hydrogen-bond donors (Lipinski definition) is 0. The molecule has 0 amide bonds. The lowest BCUT2D eigenvalue weighted by Gasteiger charge is -2.23. The number of rotatable bonds is 4. The zero-order valence-corrected chi connectivity index (χ0v) is 9.79. The fourth-order valence-electron chi connectivity index (χ4n) is 1.28.